The van der Waals surface area contributed by atoms with Crippen LogP contribution in [0, 0.1) is 17.1 Å². The Bertz CT molecular complexity index is 667. The number of anilines is 1. The van der Waals surface area contributed by atoms with Crippen LogP contribution in [0.15, 0.2) is 40.9 Å². The van der Waals surface area contributed by atoms with E-state index in [9.17, 15) is 4.39 Å². The van der Waals surface area contributed by atoms with E-state index in [1.54, 1.807) is 19.2 Å². The molecule has 102 valence electrons. The van der Waals surface area contributed by atoms with E-state index in [-0.39, 0.29) is 5.56 Å². The molecule has 0 bridgehead atoms. The van der Waals surface area contributed by atoms with Crippen LogP contribution in [0.5, 0.6) is 5.75 Å². The number of nitriles is 1. The minimum atomic E-state index is -0.528. The number of rotatable bonds is 4. The summed E-state index contributed by atoms with van der Waals surface area (Å²) in [5.41, 5.74) is 1.41. The first kappa shape index (κ1) is 14.4. The average molecular weight is 335 g/mol. The number of halogens is 2. The van der Waals surface area contributed by atoms with Crippen molar-refractivity contribution in [2.45, 2.75) is 6.54 Å². The summed E-state index contributed by atoms with van der Waals surface area (Å²) in [7, 11) is 1.59. The first-order chi connectivity index (χ1) is 9.65. The zero-order valence-electron chi connectivity index (χ0n) is 10.8. The number of hydrogen-bond acceptors (Lipinski definition) is 3. The summed E-state index contributed by atoms with van der Waals surface area (Å²) in [5.74, 6) is 0.196. The van der Waals surface area contributed by atoms with Crippen molar-refractivity contribution in [2.75, 3.05) is 12.4 Å². The molecule has 0 heterocycles. The molecule has 5 heteroatoms. The molecule has 1 N–H and O–H groups in total. The molecule has 0 spiro atoms. The largest absolute Gasteiger partial charge is 0.496 e. The van der Waals surface area contributed by atoms with E-state index in [0.29, 0.717) is 12.2 Å². The molecule has 2 rings (SSSR count). The molecule has 0 atom stereocenters. The van der Waals surface area contributed by atoms with Crippen LogP contribution in [0.2, 0.25) is 0 Å². The summed E-state index contributed by atoms with van der Waals surface area (Å²) in [5, 5.41) is 12.0. The molecule has 2 aromatic rings. The van der Waals surface area contributed by atoms with Gasteiger partial charge in [0.25, 0.3) is 0 Å². The van der Waals surface area contributed by atoms with Gasteiger partial charge in [0, 0.05) is 16.6 Å². The third-order valence-electron chi connectivity index (χ3n) is 2.84. The Labute approximate surface area is 125 Å². The molecule has 0 fully saturated rings. The summed E-state index contributed by atoms with van der Waals surface area (Å²) in [4.78, 5) is 0. The number of nitrogens with one attached hydrogen (secondary N) is 1. The molecule has 0 aliphatic rings. The molecule has 0 radical (unpaired) electrons. The van der Waals surface area contributed by atoms with Crippen molar-refractivity contribution < 1.29 is 9.13 Å². The summed E-state index contributed by atoms with van der Waals surface area (Å²) < 4.78 is 19.7. The number of methoxy groups -OCH3 is 1. The number of nitrogens with zero attached hydrogens (tertiary/aromatic N) is 1. The normalized spacial score (nSPS) is 9.90. The Morgan fingerprint density at radius 1 is 1.35 bits per heavy atom. The van der Waals surface area contributed by atoms with Gasteiger partial charge in [0.05, 0.1) is 12.8 Å². The smallest absolute Gasteiger partial charge is 0.143 e. The van der Waals surface area contributed by atoms with Crippen LogP contribution in [0.3, 0.4) is 0 Å². The first-order valence-corrected chi connectivity index (χ1v) is 6.70. The second-order valence-corrected chi connectivity index (χ2v) is 5.00. The van der Waals surface area contributed by atoms with Crippen LogP contribution in [0.1, 0.15) is 11.1 Å². The van der Waals surface area contributed by atoms with Crippen LogP contribution in [-0.4, -0.2) is 7.11 Å². The fraction of sp³-hybridized carbons (Fsp3) is 0.133. The van der Waals surface area contributed by atoms with Crippen LogP contribution in [0.4, 0.5) is 10.1 Å². The zero-order valence-corrected chi connectivity index (χ0v) is 12.4. The van der Waals surface area contributed by atoms with Crippen molar-refractivity contribution >= 4 is 21.6 Å². The number of benzene rings is 2. The lowest BCUT2D eigenvalue weighted by atomic mass is 10.1. The Morgan fingerprint density at radius 3 is 2.85 bits per heavy atom. The topological polar surface area (TPSA) is 45.0 Å². The van der Waals surface area contributed by atoms with Crippen LogP contribution in [0.25, 0.3) is 0 Å². The lowest BCUT2D eigenvalue weighted by Crippen LogP contribution is -2.04. The van der Waals surface area contributed by atoms with Gasteiger partial charge in [0.1, 0.15) is 23.2 Å². The lowest BCUT2D eigenvalue weighted by Gasteiger charge is -2.12. The fourth-order valence-corrected chi connectivity index (χ4v) is 2.18. The molecule has 0 aromatic heterocycles. The quantitative estimate of drug-likeness (QED) is 0.916. The summed E-state index contributed by atoms with van der Waals surface area (Å²) in [6.07, 6.45) is 0. The molecule has 0 unspecified atom stereocenters. The number of hydrogen-bond donors (Lipinski definition) is 1. The van der Waals surface area contributed by atoms with Crippen molar-refractivity contribution in [1.82, 2.24) is 0 Å². The van der Waals surface area contributed by atoms with E-state index in [4.69, 9.17) is 10.00 Å². The van der Waals surface area contributed by atoms with Gasteiger partial charge in [-0.3, -0.25) is 0 Å². The summed E-state index contributed by atoms with van der Waals surface area (Å²) in [6.45, 7) is 0.439. The van der Waals surface area contributed by atoms with Gasteiger partial charge in [-0.15, -0.1) is 0 Å². The van der Waals surface area contributed by atoms with Gasteiger partial charge in [0.15, 0.2) is 0 Å². The van der Waals surface area contributed by atoms with E-state index >= 15 is 0 Å². The molecule has 0 saturated carbocycles. The van der Waals surface area contributed by atoms with E-state index in [2.05, 4.69) is 21.2 Å². The van der Waals surface area contributed by atoms with E-state index in [0.717, 1.165) is 15.8 Å². The average Bonchev–Trinajstić information content (AvgIpc) is 2.45. The Kier molecular flexibility index (Phi) is 4.59. The monoisotopic (exact) mass is 334 g/mol. The molecule has 2 aromatic carbocycles. The Balaban J connectivity index is 2.22. The van der Waals surface area contributed by atoms with Gasteiger partial charge in [-0.25, -0.2) is 4.39 Å². The minimum absolute atomic E-state index is 0.0172. The number of ether oxygens (including phenoxy) is 1. The third-order valence-corrected chi connectivity index (χ3v) is 3.34. The molecule has 0 amide bonds. The Morgan fingerprint density at radius 2 is 2.15 bits per heavy atom. The van der Waals surface area contributed by atoms with Gasteiger partial charge in [-0.05, 0) is 24.3 Å². The van der Waals surface area contributed by atoms with Crippen LogP contribution < -0.4 is 10.1 Å². The molecule has 0 aliphatic carbocycles. The van der Waals surface area contributed by atoms with Gasteiger partial charge < -0.3 is 10.1 Å². The van der Waals surface area contributed by atoms with Gasteiger partial charge in [-0.2, -0.15) is 5.26 Å². The van der Waals surface area contributed by atoms with Gasteiger partial charge in [-0.1, -0.05) is 28.1 Å². The van der Waals surface area contributed by atoms with E-state index in [1.807, 2.05) is 24.3 Å². The van der Waals surface area contributed by atoms with Crippen molar-refractivity contribution in [1.29, 1.82) is 5.26 Å². The maximum Gasteiger partial charge on any atom is 0.143 e. The van der Waals surface area contributed by atoms with Crippen molar-refractivity contribution in [3.63, 3.8) is 0 Å². The van der Waals surface area contributed by atoms with E-state index in [1.165, 1.54) is 6.07 Å². The maximum atomic E-state index is 13.5. The highest BCUT2D eigenvalue weighted by Crippen LogP contribution is 2.25. The second kappa shape index (κ2) is 6.40. The van der Waals surface area contributed by atoms with Gasteiger partial charge in [0.2, 0.25) is 0 Å². The molecular formula is C15H12BrFN2O. The predicted octanol–water partition coefficient (Wildman–Crippen LogP) is 4.08. The lowest BCUT2D eigenvalue weighted by molar-refractivity contribution is 0.410. The third kappa shape index (κ3) is 3.09. The molecule has 0 aliphatic heterocycles. The van der Waals surface area contributed by atoms with Crippen LogP contribution in [-0.2, 0) is 6.54 Å². The zero-order chi connectivity index (χ0) is 14.5. The molecule has 20 heavy (non-hydrogen) atoms. The van der Waals surface area contributed by atoms with Crippen molar-refractivity contribution in [3.05, 3.63) is 57.8 Å². The molecule has 0 saturated heterocycles. The second-order valence-electron chi connectivity index (χ2n) is 4.08. The van der Waals surface area contributed by atoms with Crippen LogP contribution >= 0.6 is 15.9 Å². The first-order valence-electron chi connectivity index (χ1n) is 5.90. The fourth-order valence-electron chi connectivity index (χ4n) is 1.84. The van der Waals surface area contributed by atoms with Crippen molar-refractivity contribution in [2.24, 2.45) is 0 Å². The maximum absolute atomic E-state index is 13.5. The summed E-state index contributed by atoms with van der Waals surface area (Å²) >= 11 is 3.37. The van der Waals surface area contributed by atoms with E-state index < -0.39 is 5.82 Å². The highest BCUT2D eigenvalue weighted by Gasteiger charge is 2.09. The Hall–Kier alpha value is -2.06. The SMILES string of the molecule is COc1cc(Br)ccc1CNc1cccc(F)c1C#N. The predicted molar refractivity (Wildman–Crippen MR) is 79.1 cm³/mol. The minimum Gasteiger partial charge on any atom is -0.496 e. The standard InChI is InChI=1S/C15H12BrFN2O/c1-20-15-7-11(16)6-5-10(15)9-19-14-4-2-3-13(17)12(14)8-18/h2-7,19H,9H2,1H3. The summed E-state index contributed by atoms with van der Waals surface area (Å²) in [6, 6.07) is 12.0. The van der Waals surface area contributed by atoms with Crippen molar-refractivity contribution in [3.8, 4) is 11.8 Å². The van der Waals surface area contributed by atoms with Gasteiger partial charge >= 0.3 is 0 Å². The molecule has 3 nitrogen and oxygen atoms in total. The molecular weight excluding hydrogens is 323 g/mol. The highest BCUT2D eigenvalue weighted by atomic mass is 79.9. The highest BCUT2D eigenvalue weighted by molar-refractivity contribution is 9.10.